The van der Waals surface area contributed by atoms with Gasteiger partial charge in [-0.3, -0.25) is 4.79 Å². The molecule has 1 fully saturated rings. The average molecular weight is 245 g/mol. The predicted molar refractivity (Wildman–Crippen MR) is 68.8 cm³/mol. The molecule has 1 aliphatic rings. The molecule has 1 saturated heterocycles. The van der Waals surface area contributed by atoms with Crippen LogP contribution in [0.3, 0.4) is 0 Å². The van der Waals surface area contributed by atoms with Crippen LogP contribution in [0.4, 0.5) is 0 Å². The molecule has 4 heteroatoms. The van der Waals surface area contributed by atoms with Crippen molar-refractivity contribution >= 4 is 5.91 Å². The van der Waals surface area contributed by atoms with Crippen molar-refractivity contribution in [2.45, 2.75) is 32.7 Å². The number of carbonyl (C=O) groups is 1. The molecule has 2 rings (SSSR count). The molecule has 0 atom stereocenters. The molecular formula is C14H19N3O. The van der Waals surface area contributed by atoms with E-state index in [1.54, 1.807) is 0 Å². The van der Waals surface area contributed by atoms with Crippen molar-refractivity contribution in [1.29, 1.82) is 5.26 Å². The van der Waals surface area contributed by atoms with Crippen molar-refractivity contribution in [3.05, 3.63) is 24.0 Å². The van der Waals surface area contributed by atoms with Gasteiger partial charge in [0.15, 0.2) is 0 Å². The Morgan fingerprint density at radius 2 is 2.11 bits per heavy atom. The molecule has 1 aliphatic heterocycles. The third-order valence-corrected chi connectivity index (χ3v) is 3.54. The Labute approximate surface area is 108 Å². The smallest absolute Gasteiger partial charge is 0.225 e. The van der Waals surface area contributed by atoms with Crippen LogP contribution in [0.25, 0.3) is 0 Å². The summed E-state index contributed by atoms with van der Waals surface area (Å²) in [6, 6.07) is 4.40. The molecule has 1 aromatic rings. The molecule has 0 spiro atoms. The lowest BCUT2D eigenvalue weighted by atomic mass is 10.0. The predicted octanol–water partition coefficient (Wildman–Crippen LogP) is 2.18. The first kappa shape index (κ1) is 12.7. The van der Waals surface area contributed by atoms with Gasteiger partial charge in [0, 0.05) is 37.4 Å². The number of aromatic nitrogens is 1. The first-order chi connectivity index (χ1) is 8.61. The maximum Gasteiger partial charge on any atom is 0.225 e. The van der Waals surface area contributed by atoms with Gasteiger partial charge in [0.1, 0.15) is 6.07 Å². The topological polar surface area (TPSA) is 49.0 Å². The van der Waals surface area contributed by atoms with E-state index in [4.69, 9.17) is 5.26 Å². The minimum absolute atomic E-state index is 0.0818. The zero-order chi connectivity index (χ0) is 13.1. The Morgan fingerprint density at radius 3 is 2.61 bits per heavy atom. The van der Waals surface area contributed by atoms with Crippen molar-refractivity contribution in [3.8, 4) is 6.07 Å². The molecule has 0 saturated carbocycles. The number of piperidine rings is 1. The van der Waals surface area contributed by atoms with Crippen LogP contribution in [-0.2, 0) is 4.79 Å². The molecule has 2 heterocycles. The lowest BCUT2D eigenvalue weighted by molar-refractivity contribution is -0.135. The average Bonchev–Trinajstić information content (AvgIpc) is 2.86. The molecule has 0 unspecified atom stereocenters. The summed E-state index contributed by atoms with van der Waals surface area (Å²) in [5, 5.41) is 8.81. The van der Waals surface area contributed by atoms with Gasteiger partial charge in [-0.2, -0.15) is 5.26 Å². The summed E-state index contributed by atoms with van der Waals surface area (Å²) in [4.78, 5) is 13.8. The van der Waals surface area contributed by atoms with Gasteiger partial charge in [-0.1, -0.05) is 13.8 Å². The molecule has 4 nitrogen and oxygen atoms in total. The standard InChI is InChI=1S/C14H19N3O/c1-11(2)14(18)16-7-4-13(5-8-16)17-6-3-12(9-15)10-17/h3,6,10-11,13H,4-5,7-8H2,1-2H3. The first-order valence-corrected chi connectivity index (χ1v) is 6.48. The maximum absolute atomic E-state index is 11.9. The number of nitriles is 1. The molecule has 0 aromatic carbocycles. The van der Waals surface area contributed by atoms with E-state index in [1.165, 1.54) is 0 Å². The Morgan fingerprint density at radius 1 is 1.44 bits per heavy atom. The highest BCUT2D eigenvalue weighted by Crippen LogP contribution is 2.24. The van der Waals surface area contributed by atoms with Crippen molar-refractivity contribution in [2.24, 2.45) is 5.92 Å². The maximum atomic E-state index is 11.9. The zero-order valence-electron chi connectivity index (χ0n) is 11.0. The lowest BCUT2D eigenvalue weighted by Crippen LogP contribution is -2.40. The monoisotopic (exact) mass is 245 g/mol. The van der Waals surface area contributed by atoms with Crippen molar-refractivity contribution in [1.82, 2.24) is 9.47 Å². The number of hydrogen-bond acceptors (Lipinski definition) is 2. The van der Waals surface area contributed by atoms with E-state index in [2.05, 4.69) is 10.6 Å². The summed E-state index contributed by atoms with van der Waals surface area (Å²) in [7, 11) is 0. The van der Waals surface area contributed by atoms with Gasteiger partial charge >= 0.3 is 0 Å². The molecule has 1 aromatic heterocycles. The molecular weight excluding hydrogens is 226 g/mol. The van der Waals surface area contributed by atoms with Crippen LogP contribution >= 0.6 is 0 Å². The number of carbonyl (C=O) groups excluding carboxylic acids is 1. The highest BCUT2D eigenvalue weighted by atomic mass is 16.2. The van der Waals surface area contributed by atoms with Crippen LogP contribution < -0.4 is 0 Å². The number of nitrogens with zero attached hydrogens (tertiary/aromatic N) is 3. The Hall–Kier alpha value is -1.76. The second-order valence-corrected chi connectivity index (χ2v) is 5.17. The van der Waals surface area contributed by atoms with Gasteiger partial charge in [-0.15, -0.1) is 0 Å². The van der Waals surface area contributed by atoms with Gasteiger partial charge in [0.2, 0.25) is 5.91 Å². The van der Waals surface area contributed by atoms with Crippen LogP contribution in [0, 0.1) is 17.2 Å². The molecule has 0 aliphatic carbocycles. The van der Waals surface area contributed by atoms with Gasteiger partial charge in [-0.05, 0) is 18.9 Å². The summed E-state index contributed by atoms with van der Waals surface area (Å²) in [5.41, 5.74) is 0.704. The summed E-state index contributed by atoms with van der Waals surface area (Å²) in [6.07, 6.45) is 5.80. The molecule has 18 heavy (non-hydrogen) atoms. The van der Waals surface area contributed by atoms with Crippen LogP contribution in [0.15, 0.2) is 18.5 Å². The minimum atomic E-state index is 0.0818. The van der Waals surface area contributed by atoms with E-state index in [-0.39, 0.29) is 11.8 Å². The second kappa shape index (κ2) is 5.26. The normalized spacial score (nSPS) is 16.9. The molecule has 0 N–H and O–H groups in total. The van der Waals surface area contributed by atoms with Gasteiger partial charge < -0.3 is 9.47 Å². The van der Waals surface area contributed by atoms with Crippen molar-refractivity contribution in [3.63, 3.8) is 0 Å². The van der Waals surface area contributed by atoms with Crippen LogP contribution in [0.1, 0.15) is 38.3 Å². The number of hydrogen-bond donors (Lipinski definition) is 0. The quantitative estimate of drug-likeness (QED) is 0.801. The van der Waals surface area contributed by atoms with Gasteiger partial charge in [-0.25, -0.2) is 0 Å². The van der Waals surface area contributed by atoms with Crippen LogP contribution in [0.2, 0.25) is 0 Å². The Balaban J connectivity index is 1.94. The molecule has 0 bridgehead atoms. The third-order valence-electron chi connectivity index (χ3n) is 3.54. The van der Waals surface area contributed by atoms with Crippen LogP contribution in [0.5, 0.6) is 0 Å². The van der Waals surface area contributed by atoms with E-state index in [9.17, 15) is 4.79 Å². The Kier molecular flexibility index (Phi) is 3.71. The van der Waals surface area contributed by atoms with Gasteiger partial charge in [0.05, 0.1) is 5.56 Å². The highest BCUT2D eigenvalue weighted by molar-refractivity contribution is 5.78. The summed E-state index contributed by atoms with van der Waals surface area (Å²) >= 11 is 0. The number of rotatable bonds is 2. The van der Waals surface area contributed by atoms with E-state index < -0.39 is 0 Å². The fraction of sp³-hybridized carbons (Fsp3) is 0.571. The third kappa shape index (κ3) is 2.56. The minimum Gasteiger partial charge on any atom is -0.350 e. The van der Waals surface area contributed by atoms with E-state index >= 15 is 0 Å². The first-order valence-electron chi connectivity index (χ1n) is 6.48. The second-order valence-electron chi connectivity index (χ2n) is 5.17. The van der Waals surface area contributed by atoms with Crippen molar-refractivity contribution < 1.29 is 4.79 Å². The summed E-state index contributed by atoms with van der Waals surface area (Å²) in [5.74, 6) is 0.331. The van der Waals surface area contributed by atoms with E-state index in [0.29, 0.717) is 11.6 Å². The molecule has 96 valence electrons. The SMILES string of the molecule is CC(C)C(=O)N1CCC(n2ccc(C#N)c2)CC1. The molecule has 1 amide bonds. The van der Waals surface area contributed by atoms with Crippen LogP contribution in [-0.4, -0.2) is 28.5 Å². The zero-order valence-corrected chi connectivity index (χ0v) is 11.0. The fourth-order valence-electron chi connectivity index (χ4n) is 2.46. The highest BCUT2D eigenvalue weighted by Gasteiger charge is 2.24. The Bertz CT molecular complexity index is 462. The van der Waals surface area contributed by atoms with Crippen molar-refractivity contribution in [2.75, 3.05) is 13.1 Å². The van der Waals surface area contributed by atoms with Gasteiger partial charge in [0.25, 0.3) is 0 Å². The number of amides is 1. The molecule has 0 radical (unpaired) electrons. The number of likely N-dealkylation sites (tertiary alicyclic amines) is 1. The van der Waals surface area contributed by atoms with E-state index in [1.807, 2.05) is 37.2 Å². The van der Waals surface area contributed by atoms with E-state index in [0.717, 1.165) is 25.9 Å². The largest absolute Gasteiger partial charge is 0.350 e. The fourth-order valence-corrected chi connectivity index (χ4v) is 2.46. The lowest BCUT2D eigenvalue weighted by Gasteiger charge is -2.33. The summed E-state index contributed by atoms with van der Waals surface area (Å²) in [6.45, 7) is 5.53. The summed E-state index contributed by atoms with van der Waals surface area (Å²) < 4.78 is 2.11.